The van der Waals surface area contributed by atoms with Crippen LogP contribution in [0, 0.1) is 6.92 Å². The fourth-order valence-electron chi connectivity index (χ4n) is 3.20. The predicted octanol–water partition coefficient (Wildman–Crippen LogP) is 6.05. The highest BCUT2D eigenvalue weighted by Crippen LogP contribution is 2.35. The van der Waals surface area contributed by atoms with E-state index in [2.05, 4.69) is 4.90 Å². The van der Waals surface area contributed by atoms with Crippen molar-refractivity contribution in [2.24, 2.45) is 0 Å². The Kier molecular flexibility index (Phi) is 7.47. The first kappa shape index (κ1) is 23.8. The zero-order valence-corrected chi connectivity index (χ0v) is 20.7. The number of aryl methyl sites for hydroxylation is 1. The van der Waals surface area contributed by atoms with Crippen molar-refractivity contribution in [1.82, 2.24) is 9.88 Å². The average molecular weight is 480 g/mol. The second kappa shape index (κ2) is 9.74. The summed E-state index contributed by atoms with van der Waals surface area (Å²) < 4.78 is 7.06. The number of anilines is 1. The number of carbonyl (C=O) groups excluding carboxylic acids is 1. The SMILES string of the molecule is Cc1c(Cl)ccc2sc(N(CCCN(C)C)C(=O)C(C)(C)Oc3ccc(Cl)cc3)nc12. The number of halogens is 2. The molecule has 0 bridgehead atoms. The van der Waals surface area contributed by atoms with Crippen LogP contribution in [0.1, 0.15) is 25.8 Å². The van der Waals surface area contributed by atoms with Gasteiger partial charge in [0.05, 0.1) is 10.2 Å². The maximum absolute atomic E-state index is 13.6. The van der Waals surface area contributed by atoms with Gasteiger partial charge >= 0.3 is 0 Å². The van der Waals surface area contributed by atoms with E-state index in [0.29, 0.717) is 27.5 Å². The molecule has 0 saturated heterocycles. The van der Waals surface area contributed by atoms with Gasteiger partial charge in [0, 0.05) is 16.6 Å². The Bertz CT molecular complexity index is 1060. The van der Waals surface area contributed by atoms with E-state index in [4.69, 9.17) is 32.9 Å². The van der Waals surface area contributed by atoms with E-state index in [9.17, 15) is 4.79 Å². The number of benzene rings is 2. The molecule has 5 nitrogen and oxygen atoms in total. The summed E-state index contributed by atoms with van der Waals surface area (Å²) in [6, 6.07) is 10.8. The summed E-state index contributed by atoms with van der Waals surface area (Å²) in [6.45, 7) is 6.89. The number of hydrogen-bond acceptors (Lipinski definition) is 5. The lowest BCUT2D eigenvalue weighted by atomic mass is 10.1. The van der Waals surface area contributed by atoms with Gasteiger partial charge in [0.1, 0.15) is 5.75 Å². The minimum atomic E-state index is -1.09. The van der Waals surface area contributed by atoms with Gasteiger partial charge in [-0.3, -0.25) is 9.69 Å². The first-order chi connectivity index (χ1) is 14.6. The number of rotatable bonds is 8. The van der Waals surface area contributed by atoms with Gasteiger partial charge in [0.25, 0.3) is 5.91 Å². The number of ether oxygens (including phenoxy) is 1. The van der Waals surface area contributed by atoms with Gasteiger partial charge in [-0.2, -0.15) is 0 Å². The van der Waals surface area contributed by atoms with Gasteiger partial charge in [0.15, 0.2) is 10.7 Å². The van der Waals surface area contributed by atoms with Crippen LogP contribution in [0.5, 0.6) is 5.75 Å². The van der Waals surface area contributed by atoms with Crippen LogP contribution in [0.2, 0.25) is 10.0 Å². The van der Waals surface area contributed by atoms with Crippen molar-refractivity contribution in [3.8, 4) is 5.75 Å². The van der Waals surface area contributed by atoms with Gasteiger partial charge in [-0.1, -0.05) is 34.5 Å². The van der Waals surface area contributed by atoms with E-state index >= 15 is 0 Å². The minimum Gasteiger partial charge on any atom is -0.478 e. The highest BCUT2D eigenvalue weighted by atomic mass is 35.5. The first-order valence-corrected chi connectivity index (χ1v) is 11.6. The summed E-state index contributed by atoms with van der Waals surface area (Å²) in [5.74, 6) is 0.437. The zero-order chi connectivity index (χ0) is 22.8. The summed E-state index contributed by atoms with van der Waals surface area (Å²) in [5.41, 5.74) is 0.657. The van der Waals surface area contributed by atoms with Crippen molar-refractivity contribution < 1.29 is 9.53 Å². The molecule has 1 heterocycles. The van der Waals surface area contributed by atoms with Gasteiger partial charge in [0.2, 0.25) is 0 Å². The number of carbonyl (C=O) groups is 1. The summed E-state index contributed by atoms with van der Waals surface area (Å²) in [6.07, 6.45) is 0.811. The molecule has 0 N–H and O–H groups in total. The largest absolute Gasteiger partial charge is 0.478 e. The summed E-state index contributed by atoms with van der Waals surface area (Å²) >= 11 is 13.7. The lowest BCUT2D eigenvalue weighted by Crippen LogP contribution is -2.49. The monoisotopic (exact) mass is 479 g/mol. The summed E-state index contributed by atoms with van der Waals surface area (Å²) in [7, 11) is 4.03. The molecular weight excluding hydrogens is 453 g/mol. The van der Waals surface area contributed by atoms with Crippen molar-refractivity contribution in [3.05, 3.63) is 52.0 Å². The lowest BCUT2D eigenvalue weighted by Gasteiger charge is -2.31. The smallest absolute Gasteiger partial charge is 0.272 e. The van der Waals surface area contributed by atoms with Crippen molar-refractivity contribution in [2.75, 3.05) is 32.1 Å². The Balaban J connectivity index is 1.92. The van der Waals surface area contributed by atoms with Gasteiger partial charge in [-0.05, 0) is 89.8 Å². The molecule has 0 unspecified atom stereocenters. The van der Waals surface area contributed by atoms with Crippen LogP contribution in [-0.2, 0) is 4.79 Å². The van der Waals surface area contributed by atoms with Gasteiger partial charge in [-0.15, -0.1) is 0 Å². The maximum Gasteiger partial charge on any atom is 0.272 e. The second-order valence-electron chi connectivity index (χ2n) is 8.20. The topological polar surface area (TPSA) is 45.7 Å². The average Bonchev–Trinajstić information content (AvgIpc) is 3.14. The van der Waals surface area contributed by atoms with E-state index in [1.807, 2.05) is 33.2 Å². The number of thiazole rings is 1. The van der Waals surface area contributed by atoms with Crippen LogP contribution in [0.4, 0.5) is 5.13 Å². The summed E-state index contributed by atoms with van der Waals surface area (Å²) in [5, 5.41) is 1.93. The van der Waals surface area contributed by atoms with E-state index in [1.165, 1.54) is 11.3 Å². The minimum absolute atomic E-state index is 0.149. The Morgan fingerprint density at radius 3 is 2.42 bits per heavy atom. The molecule has 1 aromatic heterocycles. The molecule has 0 radical (unpaired) electrons. The number of nitrogens with zero attached hydrogens (tertiary/aromatic N) is 3. The van der Waals surface area contributed by atoms with E-state index in [1.54, 1.807) is 43.0 Å². The molecular formula is C23H27Cl2N3O2S. The number of fused-ring (bicyclic) bond motifs is 1. The Hall–Kier alpha value is -1.86. The second-order valence-corrected chi connectivity index (χ2v) is 10.0. The molecule has 0 fully saturated rings. The third kappa shape index (κ3) is 5.69. The molecule has 0 aliphatic heterocycles. The van der Waals surface area contributed by atoms with Crippen LogP contribution >= 0.6 is 34.5 Å². The lowest BCUT2D eigenvalue weighted by molar-refractivity contribution is -0.131. The maximum atomic E-state index is 13.6. The Morgan fingerprint density at radius 1 is 1.10 bits per heavy atom. The van der Waals surface area contributed by atoms with E-state index in [-0.39, 0.29) is 5.91 Å². The molecule has 31 heavy (non-hydrogen) atoms. The normalized spacial score (nSPS) is 11.9. The van der Waals surface area contributed by atoms with Gasteiger partial charge < -0.3 is 9.64 Å². The summed E-state index contributed by atoms with van der Waals surface area (Å²) in [4.78, 5) is 22.3. The fraction of sp³-hybridized carbons (Fsp3) is 0.391. The van der Waals surface area contributed by atoms with E-state index in [0.717, 1.165) is 28.7 Å². The molecule has 0 aliphatic rings. The van der Waals surface area contributed by atoms with Crippen molar-refractivity contribution in [1.29, 1.82) is 0 Å². The first-order valence-electron chi connectivity index (χ1n) is 10.1. The molecule has 166 valence electrons. The molecule has 0 spiro atoms. The quantitative estimate of drug-likeness (QED) is 0.394. The molecule has 2 aromatic carbocycles. The third-order valence-electron chi connectivity index (χ3n) is 4.90. The van der Waals surface area contributed by atoms with Gasteiger partial charge in [-0.25, -0.2) is 4.98 Å². The standard InChI is InChI=1S/C23H27Cl2N3O2S/c1-15-18(25)11-12-19-20(15)26-22(31-19)28(14-6-13-27(4)5)21(29)23(2,3)30-17-9-7-16(24)8-10-17/h7-12H,6,13-14H2,1-5H3. The van der Waals surface area contributed by atoms with Crippen LogP contribution < -0.4 is 9.64 Å². The number of aromatic nitrogens is 1. The number of hydrogen-bond donors (Lipinski definition) is 0. The van der Waals surface area contributed by atoms with Crippen LogP contribution in [-0.4, -0.2) is 48.6 Å². The van der Waals surface area contributed by atoms with Crippen molar-refractivity contribution in [2.45, 2.75) is 32.8 Å². The molecule has 3 rings (SSSR count). The molecule has 3 aromatic rings. The molecule has 0 aliphatic carbocycles. The molecule has 8 heteroatoms. The van der Waals surface area contributed by atoms with Crippen molar-refractivity contribution >= 4 is 55.8 Å². The third-order valence-corrected chi connectivity index (χ3v) is 6.61. The fourth-order valence-corrected chi connectivity index (χ4v) is 4.53. The highest BCUT2D eigenvalue weighted by Gasteiger charge is 2.36. The molecule has 0 atom stereocenters. The number of amides is 1. The Morgan fingerprint density at radius 2 is 1.77 bits per heavy atom. The zero-order valence-electron chi connectivity index (χ0n) is 18.4. The molecule has 1 amide bonds. The predicted molar refractivity (Wildman–Crippen MR) is 131 cm³/mol. The van der Waals surface area contributed by atoms with Crippen LogP contribution in [0.3, 0.4) is 0 Å². The van der Waals surface area contributed by atoms with Crippen LogP contribution in [0.25, 0.3) is 10.2 Å². The molecule has 0 saturated carbocycles. The Labute approximate surface area is 197 Å². The highest BCUT2D eigenvalue weighted by molar-refractivity contribution is 7.22. The van der Waals surface area contributed by atoms with E-state index < -0.39 is 5.60 Å². The van der Waals surface area contributed by atoms with Crippen molar-refractivity contribution in [3.63, 3.8) is 0 Å². The van der Waals surface area contributed by atoms with Crippen LogP contribution in [0.15, 0.2) is 36.4 Å².